The average molecular weight is 1930 g/mol. The lowest BCUT2D eigenvalue weighted by atomic mass is 9.85. The van der Waals surface area contributed by atoms with Gasteiger partial charge in [-0.25, -0.2) is 21.6 Å². The van der Waals surface area contributed by atoms with E-state index in [1.807, 2.05) is 24.3 Å². The normalized spacial score (nSPS) is 20.9. The maximum atomic E-state index is 13.1. The van der Waals surface area contributed by atoms with Crippen LogP contribution in [0.25, 0.3) is 0 Å². The van der Waals surface area contributed by atoms with Gasteiger partial charge < -0.3 is 48.8 Å². The highest BCUT2D eigenvalue weighted by atomic mass is 32.2. The molecule has 13 amide bonds. The molecular weight excluding hydrogens is 1830 g/mol. The van der Waals surface area contributed by atoms with Crippen LogP contribution in [0.2, 0.25) is 0 Å². The standard InChI is InChI=1S/C29H32N6O4.C24H24N4O6S.C24H21N3O5.C22H20N4O6S/c1-3-33-10-12-34(13-11-33)25-23-7-4-19(14-21(23)16-30-25)8-9-29(27(37)31-28(38)32-29)18-35-17-20-5-6-22(39-2)15-24(20)26(35)36;1-15(2)35(32,33)27-18-8-16(11-25-12-18)6-7-24(10-21(29)26-23(24)31)14-28-13-17-4-5-19(34-3)9-20(17)22(28)30;1-15(28)7-17-8-16(11-25-12-17)5-6-24(10-21(29)26-23(24)31)14-27-13-18-3-4-19(32-2)9-20(18)22(27)30;1-32-17-4-3-15-12-26(20(28)18(15)8-17)13-22(9-19(27)24-21(22)29)6-5-14-7-16(11-23-10-14)25-33(2,30)31/h4-7,14-15,25,30H,3,10-13,16-18H2,1-2H3,(H2,31,32,37,38);4-5,8-9,11-12,15,27H,10,13-14H2,1-3H3,(H,26,29,31);3-4,8-9,11-12H,7,10,13-14H2,1-2H3,(H,26,29,31);3-4,7-8,10-11,25H,9,12-13H2,1-2H3,(H,24,27,29)/t25?,29-;2*24-;22-/m1111/s1. The number of methoxy groups -OCH3 is 4. The van der Waals surface area contributed by atoms with Crippen LogP contribution in [-0.4, -0.2) is 242 Å². The molecule has 0 aliphatic carbocycles. The van der Waals surface area contributed by atoms with E-state index in [1.165, 1.54) is 97.2 Å². The lowest BCUT2D eigenvalue weighted by Crippen LogP contribution is -2.54. The number of carbonyl (C=O) groups is 13. The Morgan fingerprint density at radius 1 is 0.460 bits per heavy atom. The SMILES string of the molecule is CCN1CCN(C2NCc3cc(C#C[C@]4(CN5Cc6ccc(OC)cc6C5=O)NC(=O)NC4=O)ccc32)CC1.COc1ccc2c(c1)C(=O)N(C[C@@]1(C#Cc3cncc(CC(C)=O)c3)CC(=O)NC1=O)C2.COc1ccc2c(c1)C(=O)N(C[C@@]1(C#Cc3cncc(NS(=O)(=O)C(C)C)c3)CC(=O)NC1=O)C2.COc1ccc2c(c1)C(=O)N(C[C@@]1(C#Cc3cncc(NS(C)(=O)=O)c3)CC(=O)NC1=O)C2. The fourth-order valence-corrected chi connectivity index (χ4v) is 18.7. The highest BCUT2D eigenvalue weighted by Gasteiger charge is 2.53. The number of pyridine rings is 3. The number of carbonyl (C=O) groups excluding carboxylic acids is 13. The molecule has 5 atom stereocenters. The average Bonchev–Trinajstić information content (AvgIpc) is 1.63. The minimum atomic E-state index is -3.58. The van der Waals surface area contributed by atoms with Gasteiger partial charge in [0.15, 0.2) is 0 Å². The van der Waals surface area contributed by atoms with E-state index >= 15 is 0 Å². The van der Waals surface area contributed by atoms with Gasteiger partial charge in [-0.3, -0.25) is 113 Å². The van der Waals surface area contributed by atoms with Crippen molar-refractivity contribution in [3.05, 3.63) is 230 Å². The molecular formula is C99H97N17O21S2. The molecule has 13 heterocycles. The zero-order chi connectivity index (χ0) is 99.2. The molecule has 40 heteroatoms. The summed E-state index contributed by atoms with van der Waals surface area (Å²) in [5.74, 6) is 21.0. The summed E-state index contributed by atoms with van der Waals surface area (Å²) >= 11 is 0. The highest BCUT2D eigenvalue weighted by molar-refractivity contribution is 7.93. The number of imide groups is 4. The number of Topliss-reactive ketones (excluding diaryl/α,β-unsaturated/α-hetero) is 1. The van der Waals surface area contributed by atoms with Crippen molar-refractivity contribution in [3.8, 4) is 70.4 Å². The molecule has 5 fully saturated rings. The van der Waals surface area contributed by atoms with Gasteiger partial charge in [0.25, 0.3) is 29.5 Å². The number of nitrogens with one attached hydrogen (secondary N) is 8. The zero-order valence-electron chi connectivity index (χ0n) is 77.2. The van der Waals surface area contributed by atoms with Crippen molar-refractivity contribution in [1.82, 2.24) is 76.3 Å². The molecule has 5 saturated heterocycles. The number of ether oxygens (including phenoxy) is 4. The molecule has 3 aromatic heterocycles. The number of likely N-dealkylation sites (N-methyl/N-ethyl adjacent to an activating group) is 1. The predicted octanol–water partition coefficient (Wildman–Crippen LogP) is 4.07. The molecule has 0 bridgehead atoms. The first-order valence-corrected chi connectivity index (χ1v) is 47.5. The summed E-state index contributed by atoms with van der Waals surface area (Å²) in [5.41, 5.74) is 4.98. The van der Waals surface area contributed by atoms with Crippen LogP contribution >= 0.6 is 0 Å². The Hall–Kier alpha value is -15.7. The number of benzene rings is 5. The first-order valence-electron chi connectivity index (χ1n) is 44.1. The van der Waals surface area contributed by atoms with Crippen LogP contribution in [-0.2, 0) is 97.5 Å². The molecule has 8 aromatic rings. The first kappa shape index (κ1) is 97.8. The van der Waals surface area contributed by atoms with E-state index in [-0.39, 0.29) is 112 Å². The molecule has 0 spiro atoms. The van der Waals surface area contributed by atoms with E-state index in [4.69, 9.17) is 18.9 Å². The second-order valence-electron chi connectivity index (χ2n) is 35.1. The number of hydrogen-bond acceptors (Lipinski definition) is 27. The van der Waals surface area contributed by atoms with E-state index < -0.39 is 94.5 Å². The number of amides is 13. The topological polar surface area (TPSA) is 481 Å². The van der Waals surface area contributed by atoms with Gasteiger partial charge in [-0.2, -0.15) is 0 Å². The number of nitrogens with zero attached hydrogens (tertiary/aromatic N) is 9. The van der Waals surface area contributed by atoms with Crippen LogP contribution in [0.5, 0.6) is 23.0 Å². The molecule has 716 valence electrons. The summed E-state index contributed by atoms with van der Waals surface area (Å²) in [6.07, 6.45) is 9.51. The second-order valence-corrected chi connectivity index (χ2v) is 39.1. The molecule has 18 rings (SSSR count). The minimum Gasteiger partial charge on any atom is -0.497 e. The number of hydrogen-bond donors (Lipinski definition) is 8. The number of piperazine rings is 1. The third-order valence-corrected chi connectivity index (χ3v) is 27.2. The van der Waals surface area contributed by atoms with Crippen molar-refractivity contribution in [1.29, 1.82) is 0 Å². The lowest BCUT2D eigenvalue weighted by molar-refractivity contribution is -0.128. The fraction of sp³-hybridized carbons (Fsp3) is 0.333. The van der Waals surface area contributed by atoms with Gasteiger partial charge >= 0.3 is 6.03 Å². The number of ketones is 1. The van der Waals surface area contributed by atoms with Gasteiger partial charge in [-0.05, 0) is 145 Å². The largest absolute Gasteiger partial charge is 0.497 e. The van der Waals surface area contributed by atoms with Crippen molar-refractivity contribution in [2.75, 3.05) is 103 Å². The molecule has 10 aliphatic heterocycles. The van der Waals surface area contributed by atoms with E-state index in [9.17, 15) is 79.2 Å². The zero-order valence-corrected chi connectivity index (χ0v) is 78.8. The number of fused-ring (bicyclic) bond motifs is 5. The van der Waals surface area contributed by atoms with Gasteiger partial charge in [-0.15, -0.1) is 0 Å². The van der Waals surface area contributed by atoms with Crippen LogP contribution in [0.3, 0.4) is 0 Å². The summed E-state index contributed by atoms with van der Waals surface area (Å²) in [4.78, 5) is 186. The predicted molar refractivity (Wildman–Crippen MR) is 501 cm³/mol. The third-order valence-electron chi connectivity index (χ3n) is 24.8. The summed E-state index contributed by atoms with van der Waals surface area (Å²) < 4.78 is 72.8. The van der Waals surface area contributed by atoms with E-state index in [0.717, 1.165) is 73.3 Å². The first-order chi connectivity index (χ1) is 66.3. The number of anilines is 2. The Bertz CT molecular complexity index is 7000. The molecule has 10 aliphatic rings. The maximum Gasteiger partial charge on any atom is 0.323 e. The van der Waals surface area contributed by atoms with Crippen molar-refractivity contribution in [2.45, 2.75) is 103 Å². The van der Waals surface area contributed by atoms with Crippen LogP contribution < -0.4 is 60.3 Å². The summed E-state index contributed by atoms with van der Waals surface area (Å²) in [6.45, 7) is 13.7. The molecule has 1 unspecified atom stereocenters. The van der Waals surface area contributed by atoms with E-state index in [1.54, 1.807) is 98.8 Å². The molecule has 5 aromatic carbocycles. The Balaban J connectivity index is 0.000000141. The Kier molecular flexibility index (Phi) is 28.4. The van der Waals surface area contributed by atoms with Crippen molar-refractivity contribution >= 4 is 108 Å². The third kappa shape index (κ3) is 21.9. The van der Waals surface area contributed by atoms with Crippen LogP contribution in [0.15, 0.2) is 146 Å². The smallest absolute Gasteiger partial charge is 0.323 e. The van der Waals surface area contributed by atoms with Gasteiger partial charge in [-0.1, -0.05) is 84.6 Å². The van der Waals surface area contributed by atoms with Gasteiger partial charge in [0.1, 0.15) is 45.0 Å². The molecule has 0 radical (unpaired) electrons. The van der Waals surface area contributed by atoms with Crippen LogP contribution in [0.1, 0.15) is 156 Å². The fourth-order valence-electron chi connectivity index (χ4n) is 17.5. The van der Waals surface area contributed by atoms with E-state index in [2.05, 4.69) is 126 Å². The second kappa shape index (κ2) is 40.3. The van der Waals surface area contributed by atoms with E-state index in [0.29, 0.717) is 80.6 Å². The molecule has 0 saturated carbocycles. The lowest BCUT2D eigenvalue weighted by Gasteiger charge is -2.37. The maximum absolute atomic E-state index is 13.1. The van der Waals surface area contributed by atoms with Gasteiger partial charge in [0, 0.05) is 154 Å². The van der Waals surface area contributed by atoms with Gasteiger partial charge in [0.2, 0.25) is 61.0 Å². The molecule has 8 N–H and O–H groups in total. The summed E-state index contributed by atoms with van der Waals surface area (Å²) in [7, 11) is -0.997. The monoisotopic (exact) mass is 1920 g/mol. The van der Waals surface area contributed by atoms with Crippen LogP contribution in [0, 0.1) is 63.6 Å². The highest BCUT2D eigenvalue weighted by Crippen LogP contribution is 2.40. The molecule has 139 heavy (non-hydrogen) atoms. The van der Waals surface area contributed by atoms with Gasteiger partial charge in [0.05, 0.1) is 95.7 Å². The minimum absolute atomic E-state index is 0.00195. The van der Waals surface area contributed by atoms with Crippen molar-refractivity contribution in [2.24, 2.45) is 16.2 Å². The molecule has 38 nitrogen and oxygen atoms in total. The summed E-state index contributed by atoms with van der Waals surface area (Å²) in [6, 6.07) is 31.1. The number of aromatic nitrogens is 3. The van der Waals surface area contributed by atoms with Crippen molar-refractivity contribution < 1.29 is 98.1 Å². The Morgan fingerprint density at radius 3 is 1.22 bits per heavy atom. The Morgan fingerprint density at radius 2 is 0.856 bits per heavy atom. The number of sulfonamides is 2. The number of rotatable bonds is 21. The quantitative estimate of drug-likeness (QED) is 0.0285. The van der Waals surface area contributed by atoms with Crippen molar-refractivity contribution in [3.63, 3.8) is 0 Å². The number of urea groups is 1. The van der Waals surface area contributed by atoms with Crippen LogP contribution in [0.4, 0.5) is 16.2 Å². The Labute approximate surface area is 800 Å². The summed E-state index contributed by atoms with van der Waals surface area (Å²) in [5, 5.41) is 14.8.